The highest BCUT2D eigenvalue weighted by atomic mass is 16.5. The summed E-state index contributed by atoms with van der Waals surface area (Å²) in [6.45, 7) is 5.51. The molecule has 1 aromatic carbocycles. The maximum atomic E-state index is 12.9. The van der Waals surface area contributed by atoms with E-state index in [2.05, 4.69) is 29.9 Å². The summed E-state index contributed by atoms with van der Waals surface area (Å²) in [4.78, 5) is 23.8. The minimum absolute atomic E-state index is 0.215. The molecule has 6 rings (SSSR count). The molecule has 4 heterocycles. The Kier molecular flexibility index (Phi) is 3.68. The van der Waals surface area contributed by atoms with Gasteiger partial charge in [-0.05, 0) is 44.4 Å². The number of carbonyl (C=O) groups excluding carboxylic acids is 1. The predicted molar refractivity (Wildman–Crippen MR) is 113 cm³/mol. The van der Waals surface area contributed by atoms with Crippen molar-refractivity contribution in [3.8, 4) is 5.75 Å². The van der Waals surface area contributed by atoms with Crippen LogP contribution in [-0.4, -0.2) is 45.6 Å². The van der Waals surface area contributed by atoms with Crippen molar-refractivity contribution in [1.82, 2.24) is 9.88 Å². The van der Waals surface area contributed by atoms with E-state index in [1.54, 1.807) is 12.1 Å². The number of nitrogens with zero attached hydrogens (tertiary/aromatic N) is 3. The molecule has 4 aliphatic rings. The number of hydrogen-bond donors (Lipinski definition) is 1. The molecular formula is C24H25N3O4. The van der Waals surface area contributed by atoms with Crippen molar-refractivity contribution in [2.75, 3.05) is 13.1 Å². The monoisotopic (exact) mass is 419 g/mol. The van der Waals surface area contributed by atoms with Gasteiger partial charge < -0.3 is 19.5 Å². The number of rotatable bonds is 0. The Morgan fingerprint density at radius 2 is 1.87 bits per heavy atom. The van der Waals surface area contributed by atoms with E-state index in [0.717, 1.165) is 29.7 Å². The number of piperidine rings is 1. The fourth-order valence-electron chi connectivity index (χ4n) is 5.71. The van der Waals surface area contributed by atoms with Crippen LogP contribution in [0, 0.1) is 0 Å². The molecule has 0 bridgehead atoms. The van der Waals surface area contributed by atoms with Crippen LogP contribution in [0.3, 0.4) is 0 Å². The minimum atomic E-state index is -1.02. The smallest absolute Gasteiger partial charge is 0.296 e. The normalized spacial score (nSPS) is 27.4. The summed E-state index contributed by atoms with van der Waals surface area (Å²) in [7, 11) is 0. The van der Waals surface area contributed by atoms with Gasteiger partial charge in [-0.25, -0.2) is 0 Å². The molecule has 2 spiro atoms. The zero-order valence-corrected chi connectivity index (χ0v) is 17.7. The van der Waals surface area contributed by atoms with Gasteiger partial charge in [0.1, 0.15) is 11.4 Å². The first-order chi connectivity index (χ1) is 14.8. The van der Waals surface area contributed by atoms with E-state index < -0.39 is 11.2 Å². The van der Waals surface area contributed by atoms with E-state index in [9.17, 15) is 9.90 Å². The molecule has 7 nitrogen and oxygen atoms in total. The first-order valence-corrected chi connectivity index (χ1v) is 10.8. The number of phenols is 1. The van der Waals surface area contributed by atoms with Crippen LogP contribution in [0.2, 0.25) is 0 Å². The number of aromatic hydroxyl groups is 1. The van der Waals surface area contributed by atoms with Gasteiger partial charge in [0.15, 0.2) is 0 Å². The van der Waals surface area contributed by atoms with Gasteiger partial charge >= 0.3 is 0 Å². The molecule has 1 atom stereocenters. The summed E-state index contributed by atoms with van der Waals surface area (Å²) in [6.07, 6.45) is 4.17. The maximum absolute atomic E-state index is 12.9. The number of benzene rings is 1. The molecular weight excluding hydrogens is 394 g/mol. The third kappa shape index (κ3) is 2.59. The van der Waals surface area contributed by atoms with E-state index >= 15 is 0 Å². The topological polar surface area (TPSA) is 84.2 Å². The SMILES string of the molecule is CC1(C)OC2(CCN(C3=NC(=O)C4(Cc5cccc(O)c5C4)O3)CC2)c2cccnc21. The van der Waals surface area contributed by atoms with Gasteiger partial charge in [0.2, 0.25) is 5.60 Å². The lowest BCUT2D eigenvalue weighted by molar-refractivity contribution is -0.148. The standard InChI is InChI=1S/C24H25N3O4/c1-22(2)19-17(6-4-10-25-19)23(31-22)8-11-27(12-9-23)21-26-20(29)24(30-21)13-15-5-3-7-18(28)16(15)14-24/h3-7,10,28H,8-9,11-14H2,1-2H3. The molecule has 1 unspecified atom stereocenters. The second-order valence-electron chi connectivity index (χ2n) is 9.56. The van der Waals surface area contributed by atoms with Crippen molar-refractivity contribution in [2.45, 2.75) is 56.3 Å². The average molecular weight is 419 g/mol. The molecule has 160 valence electrons. The number of aliphatic imine (C=N–C) groups is 1. The summed E-state index contributed by atoms with van der Waals surface area (Å²) in [5.74, 6) is -0.0430. The number of hydrogen-bond acceptors (Lipinski definition) is 6. The highest BCUT2D eigenvalue weighted by Crippen LogP contribution is 2.51. The van der Waals surface area contributed by atoms with Crippen molar-refractivity contribution < 1.29 is 19.4 Å². The predicted octanol–water partition coefficient (Wildman–Crippen LogP) is 2.79. The van der Waals surface area contributed by atoms with Gasteiger partial charge in [-0.3, -0.25) is 9.78 Å². The quantitative estimate of drug-likeness (QED) is 0.707. The van der Waals surface area contributed by atoms with E-state index in [1.807, 2.05) is 23.2 Å². The summed E-state index contributed by atoms with van der Waals surface area (Å²) >= 11 is 0. The van der Waals surface area contributed by atoms with E-state index in [4.69, 9.17) is 9.47 Å². The fraction of sp³-hybridized carbons (Fsp3) is 0.458. The van der Waals surface area contributed by atoms with Gasteiger partial charge in [0, 0.05) is 43.3 Å². The Bertz CT molecular complexity index is 1130. The number of aromatic nitrogens is 1. The van der Waals surface area contributed by atoms with E-state index in [1.165, 1.54) is 5.56 Å². The number of pyridine rings is 1. The highest BCUT2D eigenvalue weighted by molar-refractivity contribution is 6.02. The first kappa shape index (κ1) is 18.8. The lowest BCUT2D eigenvalue weighted by Crippen LogP contribution is -2.47. The van der Waals surface area contributed by atoms with Crippen molar-refractivity contribution in [2.24, 2.45) is 4.99 Å². The molecule has 1 fully saturated rings. The number of ether oxygens (including phenoxy) is 2. The number of amides is 1. The molecule has 31 heavy (non-hydrogen) atoms. The fourth-order valence-corrected chi connectivity index (χ4v) is 5.71. The molecule has 3 aliphatic heterocycles. The van der Waals surface area contributed by atoms with E-state index in [-0.39, 0.29) is 17.3 Å². The average Bonchev–Trinajstić information content (AvgIpc) is 3.35. The van der Waals surface area contributed by atoms with Crippen molar-refractivity contribution in [3.63, 3.8) is 0 Å². The van der Waals surface area contributed by atoms with E-state index in [0.29, 0.717) is 32.0 Å². The molecule has 2 aromatic rings. The lowest BCUT2D eigenvalue weighted by atomic mass is 9.84. The molecule has 0 saturated carbocycles. The highest BCUT2D eigenvalue weighted by Gasteiger charge is 2.55. The Morgan fingerprint density at radius 3 is 2.65 bits per heavy atom. The number of phenolic OH excluding ortho intramolecular Hbond substituents is 1. The largest absolute Gasteiger partial charge is 0.508 e. The second-order valence-corrected chi connectivity index (χ2v) is 9.56. The number of carbonyl (C=O) groups is 1. The third-order valence-corrected chi connectivity index (χ3v) is 7.22. The number of likely N-dealkylation sites (tertiary alicyclic amines) is 1. The van der Waals surface area contributed by atoms with Gasteiger partial charge in [-0.15, -0.1) is 0 Å². The third-order valence-electron chi connectivity index (χ3n) is 7.22. The molecule has 1 N–H and O–H groups in total. The molecule has 0 radical (unpaired) electrons. The van der Waals surface area contributed by atoms with Crippen molar-refractivity contribution in [3.05, 3.63) is 58.9 Å². The van der Waals surface area contributed by atoms with Crippen molar-refractivity contribution >= 4 is 11.9 Å². The van der Waals surface area contributed by atoms with Gasteiger partial charge in [0.25, 0.3) is 11.9 Å². The first-order valence-electron chi connectivity index (χ1n) is 10.8. The van der Waals surface area contributed by atoms with Crippen LogP contribution < -0.4 is 0 Å². The lowest BCUT2D eigenvalue weighted by Gasteiger charge is -2.41. The van der Waals surface area contributed by atoms with Gasteiger partial charge in [-0.1, -0.05) is 18.2 Å². The van der Waals surface area contributed by atoms with Crippen LogP contribution in [0.15, 0.2) is 41.5 Å². The van der Waals surface area contributed by atoms with Crippen LogP contribution in [0.25, 0.3) is 0 Å². The van der Waals surface area contributed by atoms with Crippen molar-refractivity contribution in [1.29, 1.82) is 0 Å². The number of amidine groups is 1. The minimum Gasteiger partial charge on any atom is -0.508 e. The van der Waals surface area contributed by atoms with Gasteiger partial charge in [-0.2, -0.15) is 4.99 Å². The van der Waals surface area contributed by atoms with Gasteiger partial charge in [0.05, 0.1) is 11.3 Å². The van der Waals surface area contributed by atoms with Crippen LogP contribution in [0.5, 0.6) is 5.75 Å². The van der Waals surface area contributed by atoms with Crippen LogP contribution in [-0.2, 0) is 38.3 Å². The Hall–Kier alpha value is -2.93. The molecule has 1 aromatic heterocycles. The second kappa shape index (κ2) is 6.07. The molecule has 7 heteroatoms. The Balaban J connectivity index is 1.21. The van der Waals surface area contributed by atoms with Crippen LogP contribution in [0.1, 0.15) is 49.1 Å². The summed E-state index contributed by atoms with van der Waals surface area (Å²) in [5, 5.41) is 10.2. The Labute approximate surface area is 180 Å². The number of fused-ring (bicyclic) bond motifs is 3. The molecule has 1 saturated heterocycles. The molecule has 1 aliphatic carbocycles. The summed E-state index contributed by atoms with van der Waals surface area (Å²) in [5.41, 5.74) is 2.12. The summed E-state index contributed by atoms with van der Waals surface area (Å²) in [6, 6.07) is 9.88. The maximum Gasteiger partial charge on any atom is 0.296 e. The van der Waals surface area contributed by atoms with Crippen LogP contribution >= 0.6 is 0 Å². The zero-order valence-electron chi connectivity index (χ0n) is 17.7. The zero-order chi connectivity index (χ0) is 21.4. The Morgan fingerprint density at radius 1 is 1.06 bits per heavy atom. The van der Waals surface area contributed by atoms with Crippen LogP contribution in [0.4, 0.5) is 0 Å². The summed E-state index contributed by atoms with van der Waals surface area (Å²) < 4.78 is 12.8. The molecule has 1 amide bonds.